The first-order chi connectivity index (χ1) is 12.2. The van der Waals surface area contributed by atoms with Crippen molar-refractivity contribution >= 4 is 29.5 Å². The Morgan fingerprint density at radius 2 is 1.60 bits per heavy atom. The Morgan fingerprint density at radius 3 is 2.36 bits per heavy atom. The van der Waals surface area contributed by atoms with Gasteiger partial charge in [0.05, 0.1) is 5.41 Å². The van der Waals surface area contributed by atoms with Gasteiger partial charge in [-0.2, -0.15) is 23.5 Å². The molecule has 142 valence electrons. The summed E-state index contributed by atoms with van der Waals surface area (Å²) in [5.41, 5.74) is -0.371. The number of thioether (sulfide) groups is 2. The molecule has 6 unspecified atom stereocenters. The molecule has 0 amide bonds. The maximum absolute atomic E-state index is 11.8. The minimum absolute atomic E-state index is 0.371. The van der Waals surface area contributed by atoms with Crippen LogP contribution in [-0.4, -0.2) is 32.1 Å². The van der Waals surface area contributed by atoms with Gasteiger partial charge in [0.1, 0.15) is 0 Å². The van der Waals surface area contributed by atoms with Gasteiger partial charge in [-0.25, -0.2) is 0 Å². The summed E-state index contributed by atoms with van der Waals surface area (Å²) >= 11 is 4.25. The molecule has 2 heterocycles. The third-order valence-electron chi connectivity index (χ3n) is 7.27. The van der Waals surface area contributed by atoms with E-state index in [1.54, 1.807) is 0 Å². The van der Waals surface area contributed by atoms with Crippen LogP contribution in [0.15, 0.2) is 0 Å². The zero-order chi connectivity index (χ0) is 17.3. The van der Waals surface area contributed by atoms with Crippen LogP contribution in [0.25, 0.3) is 0 Å². The molecule has 2 aliphatic heterocycles. The maximum Gasteiger partial charge on any atom is 0.309 e. The molecule has 2 nitrogen and oxygen atoms in total. The summed E-state index contributed by atoms with van der Waals surface area (Å²) in [7, 11) is 0. The van der Waals surface area contributed by atoms with Crippen molar-refractivity contribution in [1.82, 2.24) is 0 Å². The zero-order valence-electron chi connectivity index (χ0n) is 15.5. The van der Waals surface area contributed by atoms with Gasteiger partial charge >= 0.3 is 5.97 Å². The summed E-state index contributed by atoms with van der Waals surface area (Å²) in [4.78, 5) is 11.8. The molecule has 2 aliphatic carbocycles. The quantitative estimate of drug-likeness (QED) is 0.364. The number of carbonyl (C=O) groups is 1. The van der Waals surface area contributed by atoms with Crippen LogP contribution >= 0.6 is 23.5 Å². The van der Waals surface area contributed by atoms with E-state index >= 15 is 0 Å². The Bertz CT molecular complexity index is 483. The number of hydrogen-bond acceptors (Lipinski definition) is 3. The van der Waals surface area contributed by atoms with E-state index in [1.807, 2.05) is 11.8 Å². The number of fused-ring (bicyclic) bond motifs is 2. The number of hydrogen-bond donors (Lipinski definition) is 1. The minimum Gasteiger partial charge on any atom is -0.481 e. The number of carboxylic acid groups (broad SMARTS) is 1. The van der Waals surface area contributed by atoms with E-state index in [4.69, 9.17) is 0 Å². The number of rotatable bonds is 10. The number of aliphatic carboxylic acids is 1. The highest BCUT2D eigenvalue weighted by Crippen LogP contribution is 2.58. The van der Waals surface area contributed by atoms with E-state index < -0.39 is 5.97 Å². The predicted octanol–water partition coefficient (Wildman–Crippen LogP) is 6.13. The van der Waals surface area contributed by atoms with Crippen molar-refractivity contribution in [2.24, 2.45) is 11.3 Å². The monoisotopic (exact) mass is 382 g/mol. The van der Waals surface area contributed by atoms with Gasteiger partial charge in [-0.15, -0.1) is 0 Å². The largest absolute Gasteiger partial charge is 0.481 e. The Hall–Kier alpha value is 0.170. The van der Waals surface area contributed by atoms with Crippen LogP contribution in [0, 0.1) is 11.3 Å². The third kappa shape index (κ3) is 4.72. The van der Waals surface area contributed by atoms with Gasteiger partial charge < -0.3 is 5.11 Å². The van der Waals surface area contributed by atoms with E-state index in [0.717, 1.165) is 53.8 Å². The normalized spacial score (nSPS) is 41.7. The van der Waals surface area contributed by atoms with Gasteiger partial charge in [-0.1, -0.05) is 44.9 Å². The lowest BCUT2D eigenvalue weighted by atomic mass is 9.71. The van der Waals surface area contributed by atoms with Crippen LogP contribution in [0.2, 0.25) is 0 Å². The number of carboxylic acids is 1. The standard InChI is InChI=1S/C21H34O2S2/c22-20(23)21(12-10-17-19(14-21)25-17)11-6-4-2-1-3-5-7-15-8-9-16-18(13-15)24-16/h15-19H,1-14H2,(H,22,23). The van der Waals surface area contributed by atoms with Gasteiger partial charge in [-0.3, -0.25) is 4.79 Å². The molecule has 2 saturated heterocycles. The summed E-state index contributed by atoms with van der Waals surface area (Å²) in [6.45, 7) is 0. The molecule has 0 bridgehead atoms. The highest BCUT2D eigenvalue weighted by atomic mass is 32.2. The van der Waals surface area contributed by atoms with Crippen molar-refractivity contribution < 1.29 is 9.90 Å². The molecule has 2 saturated carbocycles. The molecule has 0 spiro atoms. The summed E-state index contributed by atoms with van der Waals surface area (Å²) in [6, 6.07) is 0. The van der Waals surface area contributed by atoms with Crippen molar-refractivity contribution in [3.63, 3.8) is 0 Å². The molecule has 25 heavy (non-hydrogen) atoms. The molecular formula is C21H34O2S2. The second-order valence-electron chi connectivity index (χ2n) is 9.09. The molecule has 0 aromatic heterocycles. The lowest BCUT2D eigenvalue weighted by Crippen LogP contribution is -2.36. The van der Waals surface area contributed by atoms with Gasteiger partial charge in [0.25, 0.3) is 0 Å². The lowest BCUT2D eigenvalue weighted by molar-refractivity contribution is -0.151. The highest BCUT2D eigenvalue weighted by molar-refractivity contribution is 8.08. The van der Waals surface area contributed by atoms with Crippen LogP contribution in [0.5, 0.6) is 0 Å². The van der Waals surface area contributed by atoms with Crippen LogP contribution < -0.4 is 0 Å². The smallest absolute Gasteiger partial charge is 0.309 e. The fraction of sp³-hybridized carbons (Fsp3) is 0.952. The van der Waals surface area contributed by atoms with Gasteiger partial charge in [0, 0.05) is 21.0 Å². The Kier molecular flexibility index (Phi) is 5.96. The van der Waals surface area contributed by atoms with Crippen LogP contribution in [-0.2, 0) is 4.79 Å². The SMILES string of the molecule is O=C(O)C1(CCCCCCCCC2CCC3SC3C2)CCC2SC2C1. The van der Waals surface area contributed by atoms with Crippen molar-refractivity contribution in [1.29, 1.82) is 0 Å². The molecule has 0 aromatic carbocycles. The Balaban J connectivity index is 1.04. The Labute approximate surface area is 161 Å². The molecule has 4 heteroatoms. The van der Waals surface area contributed by atoms with E-state index in [1.165, 1.54) is 57.8 Å². The first kappa shape index (κ1) is 18.5. The third-order valence-corrected chi connectivity index (χ3v) is 10.2. The van der Waals surface area contributed by atoms with E-state index in [2.05, 4.69) is 11.8 Å². The average molecular weight is 383 g/mol. The maximum atomic E-state index is 11.8. The molecule has 0 aromatic rings. The van der Waals surface area contributed by atoms with Crippen LogP contribution in [0.3, 0.4) is 0 Å². The van der Waals surface area contributed by atoms with E-state index in [-0.39, 0.29) is 5.41 Å². The van der Waals surface area contributed by atoms with Crippen LogP contribution in [0.4, 0.5) is 0 Å². The molecule has 4 aliphatic rings. The van der Waals surface area contributed by atoms with Gasteiger partial charge in [-0.05, 0) is 50.9 Å². The summed E-state index contributed by atoms with van der Waals surface area (Å²) in [5, 5.41) is 13.3. The molecule has 4 fully saturated rings. The van der Waals surface area contributed by atoms with Crippen molar-refractivity contribution in [2.45, 2.75) is 111 Å². The predicted molar refractivity (Wildman–Crippen MR) is 109 cm³/mol. The fourth-order valence-electron chi connectivity index (χ4n) is 5.40. The number of unbranched alkanes of at least 4 members (excludes halogenated alkanes) is 5. The molecule has 0 radical (unpaired) electrons. The topological polar surface area (TPSA) is 37.3 Å². The van der Waals surface area contributed by atoms with Crippen molar-refractivity contribution in [3.8, 4) is 0 Å². The average Bonchev–Trinajstić information content (AvgIpc) is 3.50. The fourth-order valence-corrected chi connectivity index (χ4v) is 7.92. The van der Waals surface area contributed by atoms with E-state index in [9.17, 15) is 9.90 Å². The molecule has 4 rings (SSSR count). The first-order valence-electron chi connectivity index (χ1n) is 10.7. The van der Waals surface area contributed by atoms with Crippen molar-refractivity contribution in [2.75, 3.05) is 0 Å². The molecular weight excluding hydrogens is 348 g/mol. The van der Waals surface area contributed by atoms with Gasteiger partial charge in [0.2, 0.25) is 0 Å². The summed E-state index contributed by atoms with van der Waals surface area (Å²) in [6.07, 6.45) is 17.7. The molecule has 1 N–H and O–H groups in total. The summed E-state index contributed by atoms with van der Waals surface area (Å²) < 4.78 is 0. The zero-order valence-corrected chi connectivity index (χ0v) is 17.1. The van der Waals surface area contributed by atoms with Crippen LogP contribution in [0.1, 0.15) is 89.9 Å². The molecule has 6 atom stereocenters. The highest BCUT2D eigenvalue weighted by Gasteiger charge is 2.52. The second-order valence-corrected chi connectivity index (χ2v) is 12.1. The second kappa shape index (κ2) is 8.04. The van der Waals surface area contributed by atoms with Gasteiger partial charge in [0.15, 0.2) is 0 Å². The summed E-state index contributed by atoms with van der Waals surface area (Å²) in [5.74, 6) is 0.518. The first-order valence-corrected chi connectivity index (χ1v) is 12.6. The Morgan fingerprint density at radius 1 is 0.880 bits per heavy atom. The minimum atomic E-state index is -0.512. The van der Waals surface area contributed by atoms with Crippen molar-refractivity contribution in [3.05, 3.63) is 0 Å². The van der Waals surface area contributed by atoms with E-state index in [0.29, 0.717) is 5.25 Å². The lowest BCUT2D eigenvalue weighted by Gasteiger charge is -2.32.